The Morgan fingerprint density at radius 2 is 2.10 bits per heavy atom. The van der Waals surface area contributed by atoms with Crippen LogP contribution in [-0.2, 0) is 9.53 Å². The van der Waals surface area contributed by atoms with Crippen LogP contribution in [0.1, 0.15) is 44.7 Å². The number of nitrogens with zero attached hydrogens (tertiary/aromatic N) is 1. The molecule has 3 rings (SSSR count). The second-order valence-electron chi connectivity index (χ2n) is 6.44. The van der Waals surface area contributed by atoms with Crippen molar-refractivity contribution >= 4 is 5.97 Å². The molecule has 0 spiro atoms. The van der Waals surface area contributed by atoms with Crippen molar-refractivity contribution in [2.24, 2.45) is 11.3 Å². The molecule has 1 aromatic rings. The molecule has 0 bridgehead atoms. The van der Waals surface area contributed by atoms with Gasteiger partial charge >= 0.3 is 5.97 Å². The standard InChI is InChI=1S/C18H25NO2/c1-3-21-17(20)18(10-11-18)16-9-12-19(13-16)14(2)15-7-5-4-6-8-15/h4-8,14,16H,3,9-13H2,1-2H3/t14-,16+/m0/s1. The summed E-state index contributed by atoms with van der Waals surface area (Å²) in [7, 11) is 0. The van der Waals surface area contributed by atoms with E-state index in [1.54, 1.807) is 0 Å². The number of benzene rings is 1. The van der Waals surface area contributed by atoms with Crippen molar-refractivity contribution in [2.45, 2.75) is 39.2 Å². The average Bonchev–Trinajstić information content (AvgIpc) is 3.18. The largest absolute Gasteiger partial charge is 0.466 e. The van der Waals surface area contributed by atoms with Gasteiger partial charge in [-0.25, -0.2) is 0 Å². The summed E-state index contributed by atoms with van der Waals surface area (Å²) >= 11 is 0. The van der Waals surface area contributed by atoms with Crippen LogP contribution in [0.25, 0.3) is 0 Å². The normalized spacial score (nSPS) is 25.5. The molecule has 1 heterocycles. The smallest absolute Gasteiger partial charge is 0.312 e. The fourth-order valence-corrected chi connectivity index (χ4v) is 3.72. The number of esters is 1. The molecular formula is C18H25NO2. The molecule has 3 heteroatoms. The number of hydrogen-bond donors (Lipinski definition) is 0. The number of carbonyl (C=O) groups excluding carboxylic acids is 1. The summed E-state index contributed by atoms with van der Waals surface area (Å²) < 4.78 is 5.30. The molecule has 0 unspecified atom stereocenters. The summed E-state index contributed by atoms with van der Waals surface area (Å²) in [4.78, 5) is 14.7. The van der Waals surface area contributed by atoms with Gasteiger partial charge in [0.25, 0.3) is 0 Å². The Hall–Kier alpha value is -1.35. The van der Waals surface area contributed by atoms with Gasteiger partial charge in [-0.15, -0.1) is 0 Å². The SMILES string of the molecule is CCOC(=O)C1([C@@H]2CCN([C@@H](C)c3ccccc3)C2)CC1. The molecule has 21 heavy (non-hydrogen) atoms. The first kappa shape index (κ1) is 14.6. The maximum Gasteiger partial charge on any atom is 0.312 e. The van der Waals surface area contributed by atoms with Gasteiger partial charge in [-0.1, -0.05) is 30.3 Å². The minimum atomic E-state index is -0.152. The number of ether oxygens (including phenoxy) is 1. The van der Waals surface area contributed by atoms with Crippen molar-refractivity contribution in [1.29, 1.82) is 0 Å². The molecule has 0 radical (unpaired) electrons. The van der Waals surface area contributed by atoms with Gasteiger partial charge in [0, 0.05) is 12.6 Å². The predicted molar refractivity (Wildman–Crippen MR) is 82.8 cm³/mol. The summed E-state index contributed by atoms with van der Waals surface area (Å²) in [6.45, 7) is 6.77. The van der Waals surface area contributed by atoms with Crippen LogP contribution < -0.4 is 0 Å². The Morgan fingerprint density at radius 1 is 1.38 bits per heavy atom. The highest BCUT2D eigenvalue weighted by Crippen LogP contribution is 2.56. The maximum absolute atomic E-state index is 12.2. The first-order valence-corrected chi connectivity index (χ1v) is 8.13. The fraction of sp³-hybridized carbons (Fsp3) is 0.611. The van der Waals surface area contributed by atoms with Crippen molar-refractivity contribution in [3.05, 3.63) is 35.9 Å². The monoisotopic (exact) mass is 287 g/mol. The minimum absolute atomic E-state index is 0.0456. The van der Waals surface area contributed by atoms with E-state index in [1.165, 1.54) is 5.56 Å². The lowest BCUT2D eigenvalue weighted by molar-refractivity contribution is -0.151. The molecule has 1 aliphatic carbocycles. The van der Waals surface area contributed by atoms with Crippen molar-refractivity contribution in [2.75, 3.05) is 19.7 Å². The molecule has 1 saturated carbocycles. The quantitative estimate of drug-likeness (QED) is 0.777. The molecule has 2 atom stereocenters. The maximum atomic E-state index is 12.2. The van der Waals surface area contributed by atoms with Gasteiger partial charge in [0.15, 0.2) is 0 Å². The number of likely N-dealkylation sites (tertiary alicyclic amines) is 1. The Labute approximate surface area is 127 Å². The first-order chi connectivity index (χ1) is 10.2. The van der Waals surface area contributed by atoms with E-state index < -0.39 is 0 Å². The van der Waals surface area contributed by atoms with E-state index in [4.69, 9.17) is 4.74 Å². The third-order valence-corrected chi connectivity index (χ3v) is 5.30. The molecule has 2 fully saturated rings. The van der Waals surface area contributed by atoms with Crippen LogP contribution in [0.15, 0.2) is 30.3 Å². The summed E-state index contributed by atoms with van der Waals surface area (Å²) in [6.07, 6.45) is 3.16. The van der Waals surface area contributed by atoms with E-state index in [2.05, 4.69) is 42.2 Å². The summed E-state index contributed by atoms with van der Waals surface area (Å²) in [5.41, 5.74) is 1.21. The van der Waals surface area contributed by atoms with Crippen molar-refractivity contribution in [1.82, 2.24) is 4.90 Å². The summed E-state index contributed by atoms with van der Waals surface area (Å²) in [6, 6.07) is 11.1. The van der Waals surface area contributed by atoms with Gasteiger partial charge < -0.3 is 4.74 Å². The molecule has 0 aromatic heterocycles. The summed E-state index contributed by atoms with van der Waals surface area (Å²) in [5, 5.41) is 0. The van der Waals surface area contributed by atoms with Gasteiger partial charge in [-0.2, -0.15) is 0 Å². The lowest BCUT2D eigenvalue weighted by Gasteiger charge is -2.26. The summed E-state index contributed by atoms with van der Waals surface area (Å²) in [5.74, 6) is 0.520. The van der Waals surface area contributed by atoms with Crippen LogP contribution in [0, 0.1) is 11.3 Å². The van der Waals surface area contributed by atoms with Crippen molar-refractivity contribution < 1.29 is 9.53 Å². The fourth-order valence-electron chi connectivity index (χ4n) is 3.72. The minimum Gasteiger partial charge on any atom is -0.466 e. The molecule has 1 aromatic carbocycles. The highest BCUT2D eigenvalue weighted by Gasteiger charge is 2.58. The van der Waals surface area contributed by atoms with E-state index in [-0.39, 0.29) is 11.4 Å². The van der Waals surface area contributed by atoms with Crippen LogP contribution in [0.4, 0.5) is 0 Å². The molecule has 3 nitrogen and oxygen atoms in total. The van der Waals surface area contributed by atoms with E-state index in [0.717, 1.165) is 32.4 Å². The number of rotatable bonds is 5. The van der Waals surface area contributed by atoms with Gasteiger partial charge in [-0.3, -0.25) is 9.69 Å². The average molecular weight is 287 g/mol. The molecule has 114 valence electrons. The third kappa shape index (κ3) is 2.71. The van der Waals surface area contributed by atoms with Gasteiger partial charge in [-0.05, 0) is 51.1 Å². The van der Waals surface area contributed by atoms with E-state index in [1.807, 2.05) is 6.92 Å². The second kappa shape index (κ2) is 5.80. The van der Waals surface area contributed by atoms with E-state index in [0.29, 0.717) is 18.6 Å². The molecule has 1 aliphatic heterocycles. The van der Waals surface area contributed by atoms with Gasteiger partial charge in [0.05, 0.1) is 12.0 Å². The number of carbonyl (C=O) groups is 1. The van der Waals surface area contributed by atoms with E-state index in [9.17, 15) is 4.79 Å². The van der Waals surface area contributed by atoms with Crippen molar-refractivity contribution in [3.63, 3.8) is 0 Å². The Bertz CT molecular complexity index is 495. The van der Waals surface area contributed by atoms with Crippen molar-refractivity contribution in [3.8, 4) is 0 Å². The molecule has 0 amide bonds. The van der Waals surface area contributed by atoms with E-state index >= 15 is 0 Å². The third-order valence-electron chi connectivity index (χ3n) is 5.30. The first-order valence-electron chi connectivity index (χ1n) is 8.13. The molecule has 0 N–H and O–H groups in total. The van der Waals surface area contributed by atoms with Crippen LogP contribution in [-0.4, -0.2) is 30.6 Å². The topological polar surface area (TPSA) is 29.5 Å². The lowest BCUT2D eigenvalue weighted by atomic mass is 9.88. The Kier molecular flexibility index (Phi) is 4.03. The zero-order valence-corrected chi connectivity index (χ0v) is 13.0. The highest BCUT2D eigenvalue weighted by molar-refractivity contribution is 5.80. The van der Waals surface area contributed by atoms with Crippen LogP contribution >= 0.6 is 0 Å². The van der Waals surface area contributed by atoms with Gasteiger partial charge in [0.2, 0.25) is 0 Å². The predicted octanol–water partition coefficient (Wildman–Crippen LogP) is 3.41. The Morgan fingerprint density at radius 3 is 2.71 bits per heavy atom. The zero-order valence-electron chi connectivity index (χ0n) is 13.0. The zero-order chi connectivity index (χ0) is 14.9. The Balaban J connectivity index is 1.65. The van der Waals surface area contributed by atoms with Crippen LogP contribution in [0.2, 0.25) is 0 Å². The molecule has 2 aliphatic rings. The van der Waals surface area contributed by atoms with Gasteiger partial charge in [0.1, 0.15) is 0 Å². The number of hydrogen-bond acceptors (Lipinski definition) is 3. The van der Waals surface area contributed by atoms with Crippen LogP contribution in [0.3, 0.4) is 0 Å². The second-order valence-corrected chi connectivity index (χ2v) is 6.44. The van der Waals surface area contributed by atoms with Crippen LogP contribution in [0.5, 0.6) is 0 Å². The molecular weight excluding hydrogens is 262 g/mol. The molecule has 1 saturated heterocycles. The lowest BCUT2D eigenvalue weighted by Crippen LogP contribution is -2.31. The highest BCUT2D eigenvalue weighted by atomic mass is 16.5.